The van der Waals surface area contributed by atoms with Crippen molar-refractivity contribution in [1.29, 1.82) is 0 Å². The van der Waals surface area contributed by atoms with Crippen LogP contribution in [0.2, 0.25) is 0 Å². The molecule has 2 fully saturated rings. The van der Waals surface area contributed by atoms with Crippen LogP contribution in [0.1, 0.15) is 20.3 Å². The number of fused-ring (bicyclic) bond motifs is 1. The zero-order valence-electron chi connectivity index (χ0n) is 16.9. The van der Waals surface area contributed by atoms with Gasteiger partial charge in [0, 0.05) is 30.0 Å². The van der Waals surface area contributed by atoms with Crippen LogP contribution in [0.25, 0.3) is 0 Å². The molecule has 0 aromatic rings. The van der Waals surface area contributed by atoms with Crippen LogP contribution in [0.5, 0.6) is 0 Å². The van der Waals surface area contributed by atoms with Crippen LogP contribution in [0, 0.1) is 12.3 Å². The van der Waals surface area contributed by atoms with Crippen LogP contribution in [-0.4, -0.2) is 96.4 Å². The molecule has 0 spiro atoms. The fourth-order valence-corrected chi connectivity index (χ4v) is 6.83. The Morgan fingerprint density at radius 1 is 1.10 bits per heavy atom. The molecule has 0 bridgehead atoms. The zero-order valence-corrected chi connectivity index (χ0v) is 19.3. The zero-order chi connectivity index (χ0) is 21.3. The highest BCUT2D eigenvalue weighted by Gasteiger charge is 2.50. The molecular formula is C19H29ClN2O5S2. The summed E-state index contributed by atoms with van der Waals surface area (Å²) >= 11 is 5.79. The van der Waals surface area contributed by atoms with Gasteiger partial charge in [-0.25, -0.2) is 0 Å². The fourth-order valence-electron chi connectivity index (χ4n) is 3.53. The molecule has 2 atom stereocenters. The summed E-state index contributed by atoms with van der Waals surface area (Å²) in [5, 5.41) is -0.452. The molecule has 0 saturated carbocycles. The average molecular weight is 465 g/mol. The summed E-state index contributed by atoms with van der Waals surface area (Å²) in [4.78, 5) is 28.2. The molecule has 29 heavy (non-hydrogen) atoms. The number of nitrogens with zero attached hydrogens (tertiary/aromatic N) is 2. The first-order chi connectivity index (χ1) is 13.9. The van der Waals surface area contributed by atoms with E-state index in [-0.39, 0.29) is 29.3 Å². The van der Waals surface area contributed by atoms with Crippen LogP contribution in [0.3, 0.4) is 0 Å². The molecule has 2 amide bonds. The topological polar surface area (TPSA) is 68.3 Å². The standard InChI is InChI=1S/C19H29ClN2O5S2/c1-4-5-8-25-9-10-26-11-12-27-13-16(23)22-7-6-21(18(20)24)15-14-28-29-19(2,3)17(15)22/h1,15,17H,5-14H2,2-3H3/t15-,17-/m0/s1. The second kappa shape index (κ2) is 12.3. The fraction of sp³-hybridized carbons (Fsp3) is 0.789. The summed E-state index contributed by atoms with van der Waals surface area (Å²) in [5.41, 5.74) is 0. The lowest BCUT2D eigenvalue weighted by Gasteiger charge is -2.54. The normalized spacial score (nSPS) is 23.4. The smallest absolute Gasteiger partial charge is 0.316 e. The minimum atomic E-state index is -0.452. The van der Waals surface area contributed by atoms with Crippen molar-refractivity contribution < 1.29 is 23.8 Å². The Bertz CT molecular complexity index is 602. The maximum atomic E-state index is 12.8. The minimum Gasteiger partial charge on any atom is -0.378 e. The van der Waals surface area contributed by atoms with Crippen molar-refractivity contribution in [2.24, 2.45) is 0 Å². The van der Waals surface area contributed by atoms with E-state index in [0.717, 1.165) is 5.75 Å². The highest BCUT2D eigenvalue weighted by atomic mass is 35.5. The van der Waals surface area contributed by atoms with Gasteiger partial charge in [0.1, 0.15) is 6.61 Å². The van der Waals surface area contributed by atoms with Gasteiger partial charge in [-0.05, 0) is 25.4 Å². The van der Waals surface area contributed by atoms with Crippen molar-refractivity contribution >= 4 is 44.5 Å². The Hall–Kier alpha value is -0.630. The number of ether oxygens (including phenoxy) is 3. The molecule has 0 radical (unpaired) electrons. The van der Waals surface area contributed by atoms with Crippen LogP contribution >= 0.6 is 33.2 Å². The van der Waals surface area contributed by atoms with Gasteiger partial charge in [-0.3, -0.25) is 9.59 Å². The number of rotatable bonds is 10. The summed E-state index contributed by atoms with van der Waals surface area (Å²) in [7, 11) is 3.46. The lowest BCUT2D eigenvalue weighted by atomic mass is 9.91. The summed E-state index contributed by atoms with van der Waals surface area (Å²) in [6.45, 7) is 7.30. The second-order valence-corrected chi connectivity index (χ2v) is 10.6. The molecule has 2 saturated heterocycles. The van der Waals surface area contributed by atoms with Crippen molar-refractivity contribution in [1.82, 2.24) is 9.80 Å². The van der Waals surface area contributed by atoms with Crippen molar-refractivity contribution in [2.45, 2.75) is 37.1 Å². The molecular weight excluding hydrogens is 436 g/mol. The van der Waals surface area contributed by atoms with Gasteiger partial charge in [-0.1, -0.05) is 21.6 Å². The third-order valence-electron chi connectivity index (χ3n) is 4.81. The molecule has 2 rings (SSSR count). The van der Waals surface area contributed by atoms with Gasteiger partial charge in [0.05, 0.1) is 45.1 Å². The number of hydrogen-bond donors (Lipinski definition) is 0. The van der Waals surface area contributed by atoms with E-state index in [9.17, 15) is 9.59 Å². The van der Waals surface area contributed by atoms with Crippen LogP contribution < -0.4 is 0 Å². The Morgan fingerprint density at radius 2 is 1.72 bits per heavy atom. The predicted molar refractivity (Wildman–Crippen MR) is 117 cm³/mol. The average Bonchev–Trinajstić information content (AvgIpc) is 2.68. The second-order valence-electron chi connectivity index (χ2n) is 7.25. The molecule has 2 aliphatic heterocycles. The monoisotopic (exact) mass is 464 g/mol. The first-order valence-electron chi connectivity index (χ1n) is 9.61. The molecule has 0 aromatic carbocycles. The van der Waals surface area contributed by atoms with Gasteiger partial charge in [-0.15, -0.1) is 12.3 Å². The SMILES string of the molecule is C#CCCOCCOCCOCC(=O)N1CCN(C(=O)Cl)[C@H]2CSSC(C)(C)[C@H]21. The highest BCUT2D eigenvalue weighted by Crippen LogP contribution is 2.48. The van der Waals surface area contributed by atoms with Crippen molar-refractivity contribution in [3.8, 4) is 12.3 Å². The molecule has 7 nitrogen and oxygen atoms in total. The van der Waals surface area contributed by atoms with Crippen LogP contribution in [0.4, 0.5) is 4.79 Å². The van der Waals surface area contributed by atoms with E-state index in [4.69, 9.17) is 32.2 Å². The highest BCUT2D eigenvalue weighted by molar-refractivity contribution is 8.77. The van der Waals surface area contributed by atoms with Gasteiger partial charge in [0.2, 0.25) is 5.91 Å². The van der Waals surface area contributed by atoms with Crippen LogP contribution in [-0.2, 0) is 19.0 Å². The van der Waals surface area contributed by atoms with E-state index in [1.807, 2.05) is 4.90 Å². The maximum absolute atomic E-state index is 12.8. The lowest BCUT2D eigenvalue weighted by molar-refractivity contribution is -0.143. The Balaban J connectivity index is 1.75. The lowest BCUT2D eigenvalue weighted by Crippen LogP contribution is -2.69. The van der Waals surface area contributed by atoms with Crippen molar-refractivity contribution in [3.63, 3.8) is 0 Å². The van der Waals surface area contributed by atoms with E-state index in [1.54, 1.807) is 26.5 Å². The molecule has 0 N–H and O–H groups in total. The molecule has 10 heteroatoms. The predicted octanol–water partition coefficient (Wildman–Crippen LogP) is 2.47. The number of terminal acetylenes is 1. The van der Waals surface area contributed by atoms with Crippen molar-refractivity contribution in [2.75, 3.05) is 58.5 Å². The van der Waals surface area contributed by atoms with Crippen molar-refractivity contribution in [3.05, 3.63) is 0 Å². The van der Waals surface area contributed by atoms with Gasteiger partial charge < -0.3 is 24.0 Å². The number of carbonyl (C=O) groups excluding carboxylic acids is 2. The molecule has 0 aliphatic carbocycles. The van der Waals surface area contributed by atoms with Gasteiger partial charge in [-0.2, -0.15) is 0 Å². The first kappa shape index (κ1) is 24.6. The van der Waals surface area contributed by atoms with E-state index < -0.39 is 5.37 Å². The van der Waals surface area contributed by atoms with Crippen LogP contribution in [0.15, 0.2) is 0 Å². The van der Waals surface area contributed by atoms with E-state index in [2.05, 4.69) is 19.8 Å². The summed E-state index contributed by atoms with van der Waals surface area (Å²) in [6.07, 6.45) is 5.73. The van der Waals surface area contributed by atoms with E-state index in [1.165, 1.54) is 0 Å². The molecule has 0 unspecified atom stereocenters. The number of carbonyl (C=O) groups is 2. The molecule has 2 heterocycles. The number of amides is 2. The molecule has 0 aromatic heterocycles. The number of hydrogen-bond acceptors (Lipinski definition) is 7. The number of halogens is 1. The van der Waals surface area contributed by atoms with Gasteiger partial charge in [0.15, 0.2) is 0 Å². The maximum Gasteiger partial charge on any atom is 0.316 e. The van der Waals surface area contributed by atoms with E-state index in [0.29, 0.717) is 52.5 Å². The third-order valence-corrected chi connectivity index (χ3v) is 8.35. The Morgan fingerprint density at radius 3 is 2.38 bits per heavy atom. The summed E-state index contributed by atoms with van der Waals surface area (Å²) in [6, 6.07) is -0.186. The Kier molecular flexibility index (Phi) is 10.4. The third kappa shape index (κ3) is 7.23. The summed E-state index contributed by atoms with van der Waals surface area (Å²) < 4.78 is 16.0. The molecule has 2 aliphatic rings. The van der Waals surface area contributed by atoms with E-state index >= 15 is 0 Å². The first-order valence-corrected chi connectivity index (χ1v) is 12.3. The summed E-state index contributed by atoms with van der Waals surface area (Å²) in [5.74, 6) is 3.18. The quantitative estimate of drug-likeness (QED) is 0.162. The van der Waals surface area contributed by atoms with Gasteiger partial charge in [0.25, 0.3) is 0 Å². The largest absolute Gasteiger partial charge is 0.378 e. The minimum absolute atomic E-state index is 0.00599. The number of piperazine rings is 1. The Labute approximate surface area is 185 Å². The molecule has 164 valence electrons. The van der Waals surface area contributed by atoms with Gasteiger partial charge >= 0.3 is 5.37 Å².